The number of halogens is 3. The molecule has 0 aliphatic heterocycles. The van der Waals surface area contributed by atoms with Crippen LogP contribution < -0.4 is 5.32 Å². The zero-order valence-corrected chi connectivity index (χ0v) is 11.8. The Labute approximate surface area is 127 Å². The Kier molecular flexibility index (Phi) is 3.51. The fourth-order valence-corrected chi connectivity index (χ4v) is 2.06. The average molecular weight is 325 g/mol. The number of para-hydroxylation sites is 1. The van der Waals surface area contributed by atoms with Gasteiger partial charge in [-0.15, -0.1) is 0 Å². The van der Waals surface area contributed by atoms with Crippen LogP contribution in [-0.2, 0) is 19.8 Å². The maximum absolute atomic E-state index is 12.4. The highest BCUT2D eigenvalue weighted by atomic mass is 19.4. The van der Waals surface area contributed by atoms with Gasteiger partial charge in [0.15, 0.2) is 5.69 Å². The molecule has 0 unspecified atom stereocenters. The summed E-state index contributed by atoms with van der Waals surface area (Å²) in [4.78, 5) is 15.3. The number of fused-ring (bicyclic) bond motifs is 1. The molecule has 0 saturated carbocycles. The summed E-state index contributed by atoms with van der Waals surface area (Å²) < 4.78 is 43.1. The van der Waals surface area contributed by atoms with E-state index in [2.05, 4.69) is 25.1 Å². The van der Waals surface area contributed by atoms with Crippen LogP contribution in [0.15, 0.2) is 28.8 Å². The lowest BCUT2D eigenvalue weighted by molar-refractivity contribution is -0.146. The third-order valence-corrected chi connectivity index (χ3v) is 3.09. The van der Waals surface area contributed by atoms with Gasteiger partial charge < -0.3 is 9.84 Å². The van der Waals surface area contributed by atoms with Crippen molar-refractivity contribution in [2.24, 2.45) is 7.05 Å². The molecule has 0 saturated heterocycles. The monoisotopic (exact) mass is 325 g/mol. The molecule has 3 aromatic rings. The molecule has 2 heterocycles. The third-order valence-electron chi connectivity index (χ3n) is 3.09. The van der Waals surface area contributed by atoms with Crippen LogP contribution in [0.2, 0.25) is 0 Å². The van der Waals surface area contributed by atoms with E-state index >= 15 is 0 Å². The van der Waals surface area contributed by atoms with Gasteiger partial charge in [-0.25, -0.2) is 0 Å². The molecule has 0 atom stereocenters. The van der Waals surface area contributed by atoms with Gasteiger partial charge in [0.25, 0.3) is 11.7 Å². The van der Waals surface area contributed by atoms with Gasteiger partial charge in [-0.1, -0.05) is 23.4 Å². The summed E-state index contributed by atoms with van der Waals surface area (Å²) in [7, 11) is 1.69. The van der Waals surface area contributed by atoms with E-state index in [-0.39, 0.29) is 18.1 Å². The standard InChI is InChI=1S/C13H10F3N5O2/c1-21-8-5-3-2-4-7(8)10(19-21)11(22)17-6-9-18-12(20-23-9)13(14,15)16/h2-5H,6H2,1H3,(H,17,22). The van der Waals surface area contributed by atoms with E-state index in [1.807, 2.05) is 6.07 Å². The number of aryl methyl sites for hydroxylation is 1. The normalized spacial score (nSPS) is 11.8. The maximum atomic E-state index is 12.4. The predicted octanol–water partition coefficient (Wildman–Crippen LogP) is 1.91. The number of hydrogen-bond acceptors (Lipinski definition) is 5. The first-order chi connectivity index (χ1) is 10.9. The van der Waals surface area contributed by atoms with Gasteiger partial charge >= 0.3 is 6.18 Å². The van der Waals surface area contributed by atoms with E-state index in [1.54, 1.807) is 29.9 Å². The van der Waals surface area contributed by atoms with Gasteiger partial charge in [-0.2, -0.15) is 23.3 Å². The minimum Gasteiger partial charge on any atom is -0.342 e. The molecular weight excluding hydrogens is 315 g/mol. The molecule has 23 heavy (non-hydrogen) atoms. The Hall–Kier alpha value is -2.91. The molecule has 1 amide bonds. The van der Waals surface area contributed by atoms with Crippen LogP contribution in [0, 0.1) is 0 Å². The highest BCUT2D eigenvalue weighted by Crippen LogP contribution is 2.26. The van der Waals surface area contributed by atoms with E-state index in [1.165, 1.54) is 0 Å². The summed E-state index contributed by atoms with van der Waals surface area (Å²) in [5.74, 6) is -2.27. The van der Waals surface area contributed by atoms with Gasteiger partial charge in [0.2, 0.25) is 5.89 Å². The second-order valence-electron chi connectivity index (χ2n) is 4.68. The van der Waals surface area contributed by atoms with Crippen LogP contribution in [0.4, 0.5) is 13.2 Å². The summed E-state index contributed by atoms with van der Waals surface area (Å²) in [5.41, 5.74) is 0.924. The molecule has 0 aliphatic carbocycles. The predicted molar refractivity (Wildman–Crippen MR) is 71.2 cm³/mol. The molecule has 0 fully saturated rings. The first-order valence-electron chi connectivity index (χ1n) is 6.46. The van der Waals surface area contributed by atoms with Gasteiger partial charge in [0, 0.05) is 12.4 Å². The summed E-state index contributed by atoms with van der Waals surface area (Å²) >= 11 is 0. The van der Waals surface area contributed by atoms with Crippen LogP contribution in [0.1, 0.15) is 22.2 Å². The second-order valence-corrected chi connectivity index (χ2v) is 4.68. The Balaban J connectivity index is 1.75. The Morgan fingerprint density at radius 1 is 1.35 bits per heavy atom. The summed E-state index contributed by atoms with van der Waals surface area (Å²) in [6.45, 7) is -0.327. The zero-order chi connectivity index (χ0) is 16.6. The van der Waals surface area contributed by atoms with Crippen molar-refractivity contribution >= 4 is 16.8 Å². The number of nitrogens with zero attached hydrogens (tertiary/aromatic N) is 4. The third kappa shape index (κ3) is 2.87. The van der Waals surface area contributed by atoms with Crippen molar-refractivity contribution in [3.8, 4) is 0 Å². The molecule has 7 nitrogen and oxygen atoms in total. The van der Waals surface area contributed by atoms with Gasteiger partial charge in [0.05, 0.1) is 12.1 Å². The number of rotatable bonds is 3. The largest absolute Gasteiger partial charge is 0.455 e. The molecule has 1 N–H and O–H groups in total. The van der Waals surface area contributed by atoms with Crippen molar-refractivity contribution < 1.29 is 22.5 Å². The number of aromatic nitrogens is 4. The Morgan fingerprint density at radius 3 is 2.78 bits per heavy atom. The van der Waals surface area contributed by atoms with Crippen LogP contribution in [0.5, 0.6) is 0 Å². The number of carbonyl (C=O) groups is 1. The number of nitrogens with one attached hydrogen (secondary N) is 1. The van der Waals surface area contributed by atoms with E-state index in [9.17, 15) is 18.0 Å². The van der Waals surface area contributed by atoms with Crippen LogP contribution >= 0.6 is 0 Å². The first-order valence-corrected chi connectivity index (χ1v) is 6.46. The van der Waals surface area contributed by atoms with Gasteiger partial charge in [0.1, 0.15) is 0 Å². The number of carbonyl (C=O) groups excluding carboxylic acids is 1. The lowest BCUT2D eigenvalue weighted by Gasteiger charge is -1.99. The number of amides is 1. The first kappa shape index (κ1) is 15.0. The van der Waals surface area contributed by atoms with E-state index in [0.29, 0.717) is 5.39 Å². The van der Waals surface area contributed by atoms with Crippen LogP contribution in [0.3, 0.4) is 0 Å². The SMILES string of the molecule is Cn1nc(C(=O)NCc2nc(C(F)(F)F)no2)c2ccccc21. The lowest BCUT2D eigenvalue weighted by atomic mass is 10.2. The number of benzene rings is 1. The minimum absolute atomic E-state index is 0.165. The minimum atomic E-state index is -4.69. The smallest absolute Gasteiger partial charge is 0.342 e. The highest BCUT2D eigenvalue weighted by Gasteiger charge is 2.37. The molecule has 2 aromatic heterocycles. The van der Waals surface area contributed by atoms with Crippen molar-refractivity contribution in [3.63, 3.8) is 0 Å². The fraction of sp³-hybridized carbons (Fsp3) is 0.231. The molecule has 0 bridgehead atoms. The summed E-state index contributed by atoms with van der Waals surface area (Å²) in [6.07, 6.45) is -4.69. The van der Waals surface area contributed by atoms with Gasteiger partial charge in [-0.05, 0) is 6.07 Å². The molecule has 0 aliphatic rings. The van der Waals surface area contributed by atoms with Crippen molar-refractivity contribution in [1.29, 1.82) is 0 Å². The second kappa shape index (κ2) is 5.38. The van der Waals surface area contributed by atoms with Crippen LogP contribution in [0.25, 0.3) is 10.9 Å². The van der Waals surface area contributed by atoms with Crippen molar-refractivity contribution in [1.82, 2.24) is 25.2 Å². The number of alkyl halides is 3. The molecule has 120 valence electrons. The van der Waals surface area contributed by atoms with Gasteiger partial charge in [-0.3, -0.25) is 9.48 Å². The van der Waals surface area contributed by atoms with Crippen molar-refractivity contribution in [2.45, 2.75) is 12.7 Å². The number of hydrogen-bond donors (Lipinski definition) is 1. The maximum Gasteiger partial charge on any atom is 0.455 e. The fourth-order valence-electron chi connectivity index (χ4n) is 2.06. The molecule has 0 spiro atoms. The average Bonchev–Trinajstić information content (AvgIpc) is 3.10. The van der Waals surface area contributed by atoms with E-state index < -0.39 is 17.9 Å². The molecule has 3 rings (SSSR count). The Bertz CT molecular complexity index is 868. The highest BCUT2D eigenvalue weighted by molar-refractivity contribution is 6.04. The topological polar surface area (TPSA) is 85.8 Å². The Morgan fingerprint density at radius 2 is 2.09 bits per heavy atom. The van der Waals surface area contributed by atoms with Crippen molar-refractivity contribution in [3.05, 3.63) is 41.7 Å². The van der Waals surface area contributed by atoms with Crippen molar-refractivity contribution in [2.75, 3.05) is 0 Å². The van der Waals surface area contributed by atoms with E-state index in [4.69, 9.17) is 0 Å². The summed E-state index contributed by atoms with van der Waals surface area (Å²) in [5, 5.41) is 9.95. The zero-order valence-electron chi connectivity index (χ0n) is 11.8. The molecule has 0 radical (unpaired) electrons. The van der Waals surface area contributed by atoms with E-state index in [0.717, 1.165) is 5.52 Å². The lowest BCUT2D eigenvalue weighted by Crippen LogP contribution is -2.24. The summed E-state index contributed by atoms with van der Waals surface area (Å²) in [6, 6.07) is 7.09. The molecule has 1 aromatic carbocycles. The quantitative estimate of drug-likeness (QED) is 0.795. The molecule has 10 heteroatoms. The van der Waals surface area contributed by atoms with Crippen LogP contribution in [-0.4, -0.2) is 25.8 Å². The molecular formula is C13H10F3N5O2.